The number of nitrogens with one attached hydrogen (secondary N) is 1. The van der Waals surface area contributed by atoms with Gasteiger partial charge in [-0.1, -0.05) is 0 Å². The van der Waals surface area contributed by atoms with Crippen molar-refractivity contribution in [2.75, 3.05) is 31.6 Å². The van der Waals surface area contributed by atoms with Crippen LogP contribution in [0.15, 0.2) is 24.5 Å². The molecule has 1 aliphatic carbocycles. The molecule has 2 fully saturated rings. The van der Waals surface area contributed by atoms with Crippen molar-refractivity contribution in [2.45, 2.75) is 39.3 Å². The molecule has 29 heavy (non-hydrogen) atoms. The highest BCUT2D eigenvalue weighted by atomic mass is 19.1. The second-order valence-corrected chi connectivity index (χ2v) is 7.88. The molecule has 4 rings (SSSR count). The van der Waals surface area contributed by atoms with E-state index in [2.05, 4.69) is 20.2 Å². The van der Waals surface area contributed by atoms with Gasteiger partial charge in [-0.2, -0.15) is 0 Å². The summed E-state index contributed by atoms with van der Waals surface area (Å²) < 4.78 is 19.3. The van der Waals surface area contributed by atoms with Crippen LogP contribution in [0.4, 0.5) is 10.1 Å². The highest BCUT2D eigenvalue weighted by Gasteiger charge is 2.43. The van der Waals surface area contributed by atoms with Crippen LogP contribution in [0.2, 0.25) is 0 Å². The van der Waals surface area contributed by atoms with E-state index in [0.717, 1.165) is 47.9 Å². The second-order valence-electron chi connectivity index (χ2n) is 7.88. The van der Waals surface area contributed by atoms with Gasteiger partial charge in [-0.05, 0) is 64.4 Å². The summed E-state index contributed by atoms with van der Waals surface area (Å²) in [6.45, 7) is 7.60. The third kappa shape index (κ3) is 4.56. The molecule has 7 heteroatoms. The SMILES string of the molecule is Cc1ncnc(C)c1-c1cc(NC(=O)[C@H]2C[C@H]2F)ccc1OCCN1CCCC1. The summed E-state index contributed by atoms with van der Waals surface area (Å²) in [7, 11) is 0. The van der Waals surface area contributed by atoms with Gasteiger partial charge in [-0.15, -0.1) is 0 Å². The molecule has 2 heterocycles. The summed E-state index contributed by atoms with van der Waals surface area (Å²) >= 11 is 0. The fraction of sp³-hybridized carbons (Fsp3) is 0.500. The number of halogens is 1. The summed E-state index contributed by atoms with van der Waals surface area (Å²) in [6, 6.07) is 5.54. The lowest BCUT2D eigenvalue weighted by Crippen LogP contribution is -2.25. The number of amides is 1. The van der Waals surface area contributed by atoms with Crippen LogP contribution in [0.25, 0.3) is 11.1 Å². The molecule has 1 saturated carbocycles. The molecule has 0 spiro atoms. The van der Waals surface area contributed by atoms with Crippen molar-refractivity contribution in [1.82, 2.24) is 14.9 Å². The fourth-order valence-corrected chi connectivity index (χ4v) is 3.87. The number of rotatable bonds is 7. The smallest absolute Gasteiger partial charge is 0.230 e. The minimum Gasteiger partial charge on any atom is -0.492 e. The molecule has 1 N–H and O–H groups in total. The summed E-state index contributed by atoms with van der Waals surface area (Å²) in [5, 5.41) is 2.83. The fourth-order valence-electron chi connectivity index (χ4n) is 3.87. The average Bonchev–Trinajstić information content (AvgIpc) is 3.20. The van der Waals surface area contributed by atoms with Crippen LogP contribution in [0, 0.1) is 19.8 Å². The number of benzene rings is 1. The van der Waals surface area contributed by atoms with Crippen molar-refractivity contribution >= 4 is 11.6 Å². The Labute approximate surface area is 170 Å². The number of aromatic nitrogens is 2. The first-order valence-corrected chi connectivity index (χ1v) is 10.3. The van der Waals surface area contributed by atoms with Crippen molar-refractivity contribution in [2.24, 2.45) is 5.92 Å². The van der Waals surface area contributed by atoms with Crippen molar-refractivity contribution in [3.63, 3.8) is 0 Å². The van der Waals surface area contributed by atoms with Gasteiger partial charge in [0.05, 0.1) is 5.92 Å². The van der Waals surface area contributed by atoms with E-state index in [1.165, 1.54) is 12.8 Å². The van der Waals surface area contributed by atoms with E-state index in [0.29, 0.717) is 18.7 Å². The number of ether oxygens (including phenoxy) is 1. The minimum atomic E-state index is -1.02. The van der Waals surface area contributed by atoms with E-state index in [9.17, 15) is 9.18 Å². The first-order valence-electron chi connectivity index (χ1n) is 10.3. The van der Waals surface area contributed by atoms with Crippen LogP contribution in [-0.4, -0.2) is 53.2 Å². The van der Waals surface area contributed by atoms with Crippen molar-refractivity contribution < 1.29 is 13.9 Å². The van der Waals surface area contributed by atoms with Crippen molar-refractivity contribution in [1.29, 1.82) is 0 Å². The number of anilines is 1. The maximum absolute atomic E-state index is 13.2. The second kappa shape index (κ2) is 8.45. The standard InChI is InChI=1S/C22H27FN4O2/c1-14-21(15(2)25-13-24-14)18-11-16(26-22(28)17-12-19(17)23)5-6-20(18)29-10-9-27-7-3-4-8-27/h5-6,11,13,17,19H,3-4,7-10,12H2,1-2H3,(H,26,28)/t17-,19+/m0/s1. The molecule has 1 aromatic carbocycles. The van der Waals surface area contributed by atoms with Crippen LogP contribution in [-0.2, 0) is 4.79 Å². The van der Waals surface area contributed by atoms with Crippen molar-refractivity contribution in [3.05, 3.63) is 35.9 Å². The van der Waals surface area contributed by atoms with Gasteiger partial charge in [-0.3, -0.25) is 9.69 Å². The first-order chi connectivity index (χ1) is 14.0. The van der Waals surface area contributed by atoms with E-state index in [-0.39, 0.29) is 5.91 Å². The number of likely N-dealkylation sites (tertiary alicyclic amines) is 1. The molecule has 1 saturated heterocycles. The molecule has 6 nitrogen and oxygen atoms in total. The van der Waals surface area contributed by atoms with E-state index in [1.807, 2.05) is 26.0 Å². The Hall–Kier alpha value is -2.54. The quantitative estimate of drug-likeness (QED) is 0.773. The number of carbonyl (C=O) groups excluding carboxylic acids is 1. The average molecular weight is 398 g/mol. The van der Waals surface area contributed by atoms with Crippen molar-refractivity contribution in [3.8, 4) is 16.9 Å². The van der Waals surface area contributed by atoms with E-state index in [4.69, 9.17) is 4.74 Å². The Balaban J connectivity index is 1.58. The molecular formula is C22H27FN4O2. The van der Waals surface area contributed by atoms with Crippen LogP contribution >= 0.6 is 0 Å². The highest BCUT2D eigenvalue weighted by molar-refractivity contribution is 5.95. The maximum Gasteiger partial charge on any atom is 0.230 e. The van der Waals surface area contributed by atoms with Gasteiger partial charge >= 0.3 is 0 Å². The Kier molecular flexibility index (Phi) is 5.76. The molecule has 2 aromatic rings. The van der Waals surface area contributed by atoms with E-state index < -0.39 is 12.1 Å². The Morgan fingerprint density at radius 3 is 2.59 bits per heavy atom. The summed E-state index contributed by atoms with van der Waals surface area (Å²) in [4.78, 5) is 23.2. The van der Waals surface area contributed by atoms with Gasteiger partial charge in [0.15, 0.2) is 0 Å². The summed E-state index contributed by atoms with van der Waals surface area (Å²) in [6.07, 6.45) is 3.33. The molecule has 154 valence electrons. The monoisotopic (exact) mass is 398 g/mol. The zero-order chi connectivity index (χ0) is 20.4. The number of hydrogen-bond acceptors (Lipinski definition) is 5. The largest absolute Gasteiger partial charge is 0.492 e. The van der Waals surface area contributed by atoms with Gasteiger partial charge < -0.3 is 10.1 Å². The third-order valence-corrected chi connectivity index (χ3v) is 5.66. The Morgan fingerprint density at radius 1 is 1.24 bits per heavy atom. The van der Waals surface area contributed by atoms with Gasteiger partial charge in [0, 0.05) is 34.7 Å². The summed E-state index contributed by atoms with van der Waals surface area (Å²) in [5.74, 6) is -0.0692. The predicted molar refractivity (Wildman–Crippen MR) is 110 cm³/mol. The highest BCUT2D eigenvalue weighted by Crippen LogP contribution is 2.38. The number of nitrogens with zero attached hydrogens (tertiary/aromatic N) is 3. The molecule has 0 bridgehead atoms. The molecule has 2 atom stereocenters. The van der Waals surface area contributed by atoms with Crippen LogP contribution in [0.3, 0.4) is 0 Å². The van der Waals surface area contributed by atoms with Crippen LogP contribution < -0.4 is 10.1 Å². The first kappa shape index (κ1) is 19.8. The third-order valence-electron chi connectivity index (χ3n) is 5.66. The lowest BCUT2D eigenvalue weighted by molar-refractivity contribution is -0.117. The molecule has 2 aliphatic rings. The predicted octanol–water partition coefficient (Wildman–Crippen LogP) is 3.53. The molecular weight excluding hydrogens is 371 g/mol. The number of aryl methyl sites for hydroxylation is 2. The lowest BCUT2D eigenvalue weighted by Gasteiger charge is -2.18. The van der Waals surface area contributed by atoms with Gasteiger partial charge in [0.2, 0.25) is 5.91 Å². The Bertz CT molecular complexity index is 878. The molecule has 0 unspecified atom stereocenters. The number of carbonyl (C=O) groups is 1. The molecule has 0 radical (unpaired) electrons. The summed E-state index contributed by atoms with van der Waals surface area (Å²) in [5.41, 5.74) is 4.05. The zero-order valence-electron chi connectivity index (χ0n) is 16.9. The topological polar surface area (TPSA) is 67.3 Å². The normalized spacial score (nSPS) is 21.2. The number of alkyl halides is 1. The lowest BCUT2D eigenvalue weighted by atomic mass is 10.0. The maximum atomic E-state index is 13.2. The van der Waals surface area contributed by atoms with E-state index in [1.54, 1.807) is 12.4 Å². The van der Waals surface area contributed by atoms with Gasteiger partial charge in [0.1, 0.15) is 24.9 Å². The van der Waals surface area contributed by atoms with E-state index >= 15 is 0 Å². The van der Waals surface area contributed by atoms with Gasteiger partial charge in [0.25, 0.3) is 0 Å². The Morgan fingerprint density at radius 2 is 1.93 bits per heavy atom. The number of hydrogen-bond donors (Lipinski definition) is 1. The molecule has 1 aliphatic heterocycles. The van der Waals surface area contributed by atoms with Crippen LogP contribution in [0.5, 0.6) is 5.75 Å². The van der Waals surface area contributed by atoms with Gasteiger partial charge in [-0.25, -0.2) is 14.4 Å². The molecule has 1 amide bonds. The zero-order valence-corrected chi connectivity index (χ0v) is 16.9. The van der Waals surface area contributed by atoms with Crippen LogP contribution in [0.1, 0.15) is 30.7 Å². The minimum absolute atomic E-state index is 0.274. The molecule has 1 aromatic heterocycles.